The molecule has 0 amide bonds. The van der Waals surface area contributed by atoms with Gasteiger partial charge in [0.15, 0.2) is 0 Å². The molecular formula is C11H19NO3. The van der Waals surface area contributed by atoms with E-state index in [0.717, 1.165) is 12.1 Å². The molecule has 0 spiro atoms. The van der Waals surface area contributed by atoms with Gasteiger partial charge in [-0.25, -0.2) is 0 Å². The van der Waals surface area contributed by atoms with Crippen molar-refractivity contribution in [2.75, 3.05) is 27.4 Å². The first-order valence-corrected chi connectivity index (χ1v) is 5.05. The maximum absolute atomic E-state index is 5.25. The minimum Gasteiger partial charge on any atom is -0.472 e. The summed E-state index contributed by atoms with van der Waals surface area (Å²) in [7, 11) is 3.36. The first-order chi connectivity index (χ1) is 7.27. The molecule has 1 aromatic rings. The average Bonchev–Trinajstić information content (AvgIpc) is 2.77. The standard InChI is InChI=1S/C11H19NO3/c1-9(10-4-5-15-7-10)12-6-11(14-3)8-13-2/h4-5,7,9,11-12H,6,8H2,1-3H3. The van der Waals surface area contributed by atoms with Crippen molar-refractivity contribution in [2.24, 2.45) is 0 Å². The molecule has 2 unspecified atom stereocenters. The predicted molar refractivity (Wildman–Crippen MR) is 57.8 cm³/mol. The van der Waals surface area contributed by atoms with Gasteiger partial charge >= 0.3 is 0 Å². The topological polar surface area (TPSA) is 43.6 Å². The Balaban J connectivity index is 2.29. The molecule has 2 atom stereocenters. The molecule has 1 N–H and O–H groups in total. The molecule has 0 aliphatic heterocycles. The van der Waals surface area contributed by atoms with Gasteiger partial charge in [0.05, 0.1) is 25.2 Å². The largest absolute Gasteiger partial charge is 0.472 e. The molecule has 1 rings (SSSR count). The van der Waals surface area contributed by atoms with Crippen LogP contribution in [-0.4, -0.2) is 33.5 Å². The lowest BCUT2D eigenvalue weighted by molar-refractivity contribution is 0.0276. The zero-order valence-corrected chi connectivity index (χ0v) is 9.53. The van der Waals surface area contributed by atoms with E-state index in [0.29, 0.717) is 6.61 Å². The molecule has 0 fully saturated rings. The summed E-state index contributed by atoms with van der Waals surface area (Å²) < 4.78 is 15.3. The first-order valence-electron chi connectivity index (χ1n) is 5.05. The summed E-state index contributed by atoms with van der Waals surface area (Å²) >= 11 is 0. The van der Waals surface area contributed by atoms with Crippen molar-refractivity contribution in [1.29, 1.82) is 0 Å². The quantitative estimate of drug-likeness (QED) is 0.747. The van der Waals surface area contributed by atoms with Crippen LogP contribution in [0.25, 0.3) is 0 Å². The van der Waals surface area contributed by atoms with Crippen LogP contribution in [0.15, 0.2) is 23.0 Å². The highest BCUT2D eigenvalue weighted by molar-refractivity contribution is 5.10. The van der Waals surface area contributed by atoms with Crippen molar-refractivity contribution >= 4 is 0 Å². The number of hydrogen-bond donors (Lipinski definition) is 1. The normalized spacial score (nSPS) is 15.1. The van der Waals surface area contributed by atoms with E-state index >= 15 is 0 Å². The monoisotopic (exact) mass is 213 g/mol. The SMILES string of the molecule is COCC(CNC(C)c1ccoc1)OC. The Hall–Kier alpha value is -0.840. The smallest absolute Gasteiger partial charge is 0.0950 e. The molecule has 4 heteroatoms. The van der Waals surface area contributed by atoms with E-state index in [1.807, 2.05) is 6.07 Å². The van der Waals surface area contributed by atoms with Gasteiger partial charge in [0.1, 0.15) is 0 Å². The summed E-state index contributed by atoms with van der Waals surface area (Å²) in [6.45, 7) is 3.45. The van der Waals surface area contributed by atoms with Gasteiger partial charge in [-0.15, -0.1) is 0 Å². The summed E-state index contributed by atoms with van der Waals surface area (Å²) in [6.07, 6.45) is 3.51. The molecule has 0 saturated carbocycles. The molecular weight excluding hydrogens is 194 g/mol. The molecule has 0 aliphatic rings. The molecule has 0 aromatic carbocycles. The van der Waals surface area contributed by atoms with Crippen LogP contribution >= 0.6 is 0 Å². The van der Waals surface area contributed by atoms with Gasteiger partial charge in [0, 0.05) is 32.4 Å². The fraction of sp³-hybridized carbons (Fsp3) is 0.636. The van der Waals surface area contributed by atoms with Gasteiger partial charge in [-0.3, -0.25) is 0 Å². The molecule has 0 radical (unpaired) electrons. The summed E-state index contributed by atoms with van der Waals surface area (Å²) in [4.78, 5) is 0. The van der Waals surface area contributed by atoms with Crippen molar-refractivity contribution in [2.45, 2.75) is 19.1 Å². The third-order valence-electron chi connectivity index (χ3n) is 2.38. The van der Waals surface area contributed by atoms with Crippen LogP contribution < -0.4 is 5.32 Å². The first kappa shape index (κ1) is 12.2. The lowest BCUT2D eigenvalue weighted by Gasteiger charge is -2.18. The molecule has 15 heavy (non-hydrogen) atoms. The van der Waals surface area contributed by atoms with Crippen LogP contribution in [0.1, 0.15) is 18.5 Å². The van der Waals surface area contributed by atoms with Crippen molar-refractivity contribution in [3.63, 3.8) is 0 Å². The highest BCUT2D eigenvalue weighted by Crippen LogP contribution is 2.11. The van der Waals surface area contributed by atoms with E-state index < -0.39 is 0 Å². The van der Waals surface area contributed by atoms with Crippen LogP contribution in [0.2, 0.25) is 0 Å². The third kappa shape index (κ3) is 4.03. The van der Waals surface area contributed by atoms with Gasteiger partial charge in [0.2, 0.25) is 0 Å². The van der Waals surface area contributed by atoms with E-state index in [4.69, 9.17) is 13.9 Å². The zero-order valence-electron chi connectivity index (χ0n) is 9.53. The Bertz CT molecular complexity index is 248. The molecule has 0 saturated heterocycles. The summed E-state index contributed by atoms with van der Waals surface area (Å²) in [6, 6.07) is 2.22. The van der Waals surface area contributed by atoms with E-state index in [9.17, 15) is 0 Å². The maximum Gasteiger partial charge on any atom is 0.0950 e. The second kappa shape index (κ2) is 6.61. The summed E-state index contributed by atoms with van der Waals surface area (Å²) in [5.74, 6) is 0. The van der Waals surface area contributed by atoms with E-state index in [-0.39, 0.29) is 12.1 Å². The van der Waals surface area contributed by atoms with Gasteiger partial charge in [0.25, 0.3) is 0 Å². The van der Waals surface area contributed by atoms with Gasteiger partial charge in [-0.05, 0) is 13.0 Å². The third-order valence-corrected chi connectivity index (χ3v) is 2.38. The summed E-state index contributed by atoms with van der Waals surface area (Å²) in [5, 5.41) is 3.36. The Morgan fingerprint density at radius 3 is 2.80 bits per heavy atom. The Morgan fingerprint density at radius 2 is 2.27 bits per heavy atom. The highest BCUT2D eigenvalue weighted by atomic mass is 16.5. The lowest BCUT2D eigenvalue weighted by Crippen LogP contribution is -2.33. The second-order valence-corrected chi connectivity index (χ2v) is 3.50. The minimum absolute atomic E-state index is 0.0874. The molecule has 1 heterocycles. The number of nitrogens with one attached hydrogen (secondary N) is 1. The van der Waals surface area contributed by atoms with Crippen molar-refractivity contribution in [3.8, 4) is 0 Å². The Morgan fingerprint density at radius 1 is 1.47 bits per heavy atom. The number of hydrogen-bond acceptors (Lipinski definition) is 4. The fourth-order valence-corrected chi connectivity index (χ4v) is 1.34. The van der Waals surface area contributed by atoms with E-state index in [2.05, 4.69) is 12.2 Å². The number of rotatable bonds is 7. The van der Waals surface area contributed by atoms with Gasteiger partial charge in [-0.2, -0.15) is 0 Å². The lowest BCUT2D eigenvalue weighted by atomic mass is 10.2. The summed E-state index contributed by atoms with van der Waals surface area (Å²) in [5.41, 5.74) is 1.14. The highest BCUT2D eigenvalue weighted by Gasteiger charge is 2.10. The van der Waals surface area contributed by atoms with Crippen LogP contribution in [0.5, 0.6) is 0 Å². The van der Waals surface area contributed by atoms with Crippen LogP contribution in [0.3, 0.4) is 0 Å². The van der Waals surface area contributed by atoms with Crippen molar-refractivity contribution in [1.82, 2.24) is 5.32 Å². The van der Waals surface area contributed by atoms with Crippen molar-refractivity contribution in [3.05, 3.63) is 24.2 Å². The van der Waals surface area contributed by atoms with Crippen molar-refractivity contribution < 1.29 is 13.9 Å². The molecule has 1 aromatic heterocycles. The zero-order chi connectivity index (χ0) is 11.1. The predicted octanol–water partition coefficient (Wildman–Crippen LogP) is 1.59. The average molecular weight is 213 g/mol. The van der Waals surface area contributed by atoms with Crippen LogP contribution in [-0.2, 0) is 9.47 Å². The van der Waals surface area contributed by atoms with E-state index in [1.165, 1.54) is 0 Å². The number of furan rings is 1. The fourth-order valence-electron chi connectivity index (χ4n) is 1.34. The molecule has 4 nitrogen and oxygen atoms in total. The molecule has 0 bridgehead atoms. The number of ether oxygens (including phenoxy) is 2. The van der Waals surface area contributed by atoms with Crippen LogP contribution in [0, 0.1) is 0 Å². The van der Waals surface area contributed by atoms with Gasteiger partial charge in [-0.1, -0.05) is 0 Å². The maximum atomic E-state index is 5.25. The van der Waals surface area contributed by atoms with Gasteiger partial charge < -0.3 is 19.2 Å². The Labute approximate surface area is 90.6 Å². The second-order valence-electron chi connectivity index (χ2n) is 3.50. The minimum atomic E-state index is 0.0874. The Kier molecular flexibility index (Phi) is 5.39. The van der Waals surface area contributed by atoms with Crippen LogP contribution in [0.4, 0.5) is 0 Å². The molecule has 86 valence electrons. The number of methoxy groups -OCH3 is 2. The van der Waals surface area contributed by atoms with E-state index in [1.54, 1.807) is 26.7 Å². The molecule has 0 aliphatic carbocycles.